The second-order valence-corrected chi connectivity index (χ2v) is 5.61. The predicted octanol–water partition coefficient (Wildman–Crippen LogP) is 3.34. The van der Waals surface area contributed by atoms with Crippen LogP contribution < -0.4 is 4.90 Å². The Balaban J connectivity index is 2.07. The van der Waals surface area contributed by atoms with Crippen molar-refractivity contribution in [2.24, 2.45) is 0 Å². The first-order valence-electron chi connectivity index (χ1n) is 7.01. The van der Waals surface area contributed by atoms with E-state index in [9.17, 15) is 9.59 Å². The van der Waals surface area contributed by atoms with Gasteiger partial charge >= 0.3 is 0 Å². The van der Waals surface area contributed by atoms with Crippen molar-refractivity contribution < 1.29 is 9.59 Å². The van der Waals surface area contributed by atoms with Crippen molar-refractivity contribution >= 4 is 17.4 Å². The molecule has 106 valence electrons. The number of hydrogen-bond acceptors (Lipinski definition) is 2. The van der Waals surface area contributed by atoms with E-state index in [0.29, 0.717) is 12.1 Å². The van der Waals surface area contributed by atoms with Gasteiger partial charge in [0.05, 0.1) is 17.8 Å². The van der Waals surface area contributed by atoms with Crippen molar-refractivity contribution in [2.45, 2.75) is 27.3 Å². The average Bonchev–Trinajstić information content (AvgIpc) is 2.69. The molecule has 0 saturated heterocycles. The maximum Gasteiger partial charge on any atom is 0.299 e. The van der Waals surface area contributed by atoms with E-state index < -0.39 is 11.7 Å². The Morgan fingerprint density at radius 2 is 1.76 bits per heavy atom. The van der Waals surface area contributed by atoms with Crippen LogP contribution in [0.25, 0.3) is 0 Å². The van der Waals surface area contributed by atoms with E-state index in [-0.39, 0.29) is 0 Å². The molecule has 3 heteroatoms. The summed E-state index contributed by atoms with van der Waals surface area (Å²) in [5.74, 6) is -0.832. The Labute approximate surface area is 124 Å². The van der Waals surface area contributed by atoms with Crippen molar-refractivity contribution in [1.29, 1.82) is 0 Å². The van der Waals surface area contributed by atoms with Gasteiger partial charge in [-0.15, -0.1) is 0 Å². The third kappa shape index (κ3) is 2.15. The number of ketones is 1. The van der Waals surface area contributed by atoms with Crippen LogP contribution in [-0.4, -0.2) is 11.7 Å². The number of aryl methyl sites for hydroxylation is 2. The summed E-state index contributed by atoms with van der Waals surface area (Å²) in [7, 11) is 0. The third-order valence-corrected chi connectivity index (χ3v) is 4.08. The molecule has 0 bridgehead atoms. The van der Waals surface area contributed by atoms with Gasteiger partial charge in [-0.2, -0.15) is 0 Å². The second-order valence-electron chi connectivity index (χ2n) is 5.61. The molecule has 0 radical (unpaired) electrons. The Morgan fingerprint density at radius 1 is 1.00 bits per heavy atom. The number of rotatable bonds is 2. The van der Waals surface area contributed by atoms with E-state index >= 15 is 0 Å². The summed E-state index contributed by atoms with van der Waals surface area (Å²) >= 11 is 0. The van der Waals surface area contributed by atoms with E-state index in [1.54, 1.807) is 11.0 Å². The molecule has 1 aliphatic rings. The monoisotopic (exact) mass is 279 g/mol. The minimum atomic E-state index is -0.430. The first-order chi connectivity index (χ1) is 9.99. The molecule has 0 spiro atoms. The Hall–Kier alpha value is -2.42. The molecular formula is C18H17NO2. The zero-order valence-electron chi connectivity index (χ0n) is 12.4. The SMILES string of the molecule is Cc1cccc(CN2C(=O)C(=O)c3ccc(C)c(C)c32)c1. The Bertz CT molecular complexity index is 762. The highest BCUT2D eigenvalue weighted by Gasteiger charge is 2.37. The van der Waals surface area contributed by atoms with Crippen molar-refractivity contribution in [2.75, 3.05) is 4.90 Å². The topological polar surface area (TPSA) is 37.4 Å². The van der Waals surface area contributed by atoms with Crippen molar-refractivity contribution in [1.82, 2.24) is 0 Å². The molecule has 0 unspecified atom stereocenters. The van der Waals surface area contributed by atoms with Gasteiger partial charge in [0, 0.05) is 0 Å². The zero-order chi connectivity index (χ0) is 15.1. The molecule has 21 heavy (non-hydrogen) atoms. The van der Waals surface area contributed by atoms with Crippen molar-refractivity contribution in [3.63, 3.8) is 0 Å². The summed E-state index contributed by atoms with van der Waals surface area (Å²) in [5, 5.41) is 0. The van der Waals surface area contributed by atoms with Gasteiger partial charge in [-0.05, 0) is 43.5 Å². The predicted molar refractivity (Wildman–Crippen MR) is 82.6 cm³/mol. The van der Waals surface area contributed by atoms with Gasteiger partial charge in [-0.3, -0.25) is 9.59 Å². The number of benzene rings is 2. The number of anilines is 1. The smallest absolute Gasteiger partial charge is 0.299 e. The summed E-state index contributed by atoms with van der Waals surface area (Å²) in [6.07, 6.45) is 0. The molecule has 1 aliphatic heterocycles. The van der Waals surface area contributed by atoms with Crippen molar-refractivity contribution in [3.05, 3.63) is 64.2 Å². The molecule has 1 heterocycles. The van der Waals surface area contributed by atoms with Crippen molar-refractivity contribution in [3.8, 4) is 0 Å². The van der Waals surface area contributed by atoms with Gasteiger partial charge < -0.3 is 4.90 Å². The fraction of sp³-hybridized carbons (Fsp3) is 0.222. The normalized spacial score (nSPS) is 13.8. The van der Waals surface area contributed by atoms with Gasteiger partial charge in [-0.1, -0.05) is 35.9 Å². The maximum absolute atomic E-state index is 12.3. The molecule has 0 saturated carbocycles. The molecule has 0 aliphatic carbocycles. The molecule has 3 rings (SSSR count). The lowest BCUT2D eigenvalue weighted by atomic mass is 10.0. The first-order valence-corrected chi connectivity index (χ1v) is 7.01. The van der Waals surface area contributed by atoms with Crippen LogP contribution in [-0.2, 0) is 11.3 Å². The third-order valence-electron chi connectivity index (χ3n) is 4.08. The number of carbonyl (C=O) groups is 2. The lowest BCUT2D eigenvalue weighted by molar-refractivity contribution is -0.114. The van der Waals surface area contributed by atoms with Gasteiger partial charge in [0.2, 0.25) is 0 Å². The molecule has 0 aromatic heterocycles. The van der Waals surface area contributed by atoms with Gasteiger partial charge in [0.1, 0.15) is 0 Å². The Kier molecular flexibility index (Phi) is 3.13. The molecule has 0 atom stereocenters. The minimum absolute atomic E-state index is 0.402. The standard InChI is InChI=1S/C18H17NO2/c1-11-5-4-6-14(9-11)10-19-16-13(3)12(2)7-8-15(16)17(20)18(19)21/h4-9H,10H2,1-3H3. The Morgan fingerprint density at radius 3 is 2.48 bits per heavy atom. The summed E-state index contributed by atoms with van der Waals surface area (Å²) in [6, 6.07) is 11.7. The van der Waals surface area contributed by atoms with E-state index in [1.165, 1.54) is 0 Å². The fourth-order valence-corrected chi connectivity index (χ4v) is 2.82. The highest BCUT2D eigenvalue weighted by Crippen LogP contribution is 2.35. The molecule has 2 aromatic rings. The number of fused-ring (bicyclic) bond motifs is 1. The van der Waals surface area contributed by atoms with Gasteiger partial charge in [0.25, 0.3) is 11.7 Å². The number of amides is 1. The summed E-state index contributed by atoms with van der Waals surface area (Å²) in [4.78, 5) is 26.0. The maximum atomic E-state index is 12.3. The summed E-state index contributed by atoms with van der Waals surface area (Å²) in [5.41, 5.74) is 5.56. The van der Waals surface area contributed by atoms with E-state index in [1.807, 2.05) is 51.1 Å². The van der Waals surface area contributed by atoms with Crippen LogP contribution in [0.3, 0.4) is 0 Å². The van der Waals surface area contributed by atoms with Crippen LogP contribution in [0.1, 0.15) is 32.6 Å². The van der Waals surface area contributed by atoms with Crippen LogP contribution in [0.15, 0.2) is 36.4 Å². The van der Waals surface area contributed by atoms with Crippen LogP contribution >= 0.6 is 0 Å². The summed E-state index contributed by atoms with van der Waals surface area (Å²) in [6.45, 7) is 6.41. The van der Waals surface area contributed by atoms with E-state index in [2.05, 4.69) is 0 Å². The second kappa shape index (κ2) is 4.85. The highest BCUT2D eigenvalue weighted by atomic mass is 16.2. The average molecular weight is 279 g/mol. The van der Waals surface area contributed by atoms with E-state index in [0.717, 1.165) is 27.9 Å². The molecule has 0 fully saturated rings. The summed E-state index contributed by atoms with van der Waals surface area (Å²) < 4.78 is 0. The molecule has 2 aromatic carbocycles. The quantitative estimate of drug-likeness (QED) is 0.791. The first kappa shape index (κ1) is 13.6. The molecule has 1 amide bonds. The fourth-order valence-electron chi connectivity index (χ4n) is 2.82. The van der Waals surface area contributed by atoms with Gasteiger partial charge in [0.15, 0.2) is 0 Å². The van der Waals surface area contributed by atoms with Crippen LogP contribution in [0.4, 0.5) is 5.69 Å². The number of carbonyl (C=O) groups excluding carboxylic acids is 2. The van der Waals surface area contributed by atoms with Crippen LogP contribution in [0.2, 0.25) is 0 Å². The largest absolute Gasteiger partial charge is 0.300 e. The molecule has 0 N–H and O–H groups in total. The zero-order valence-corrected chi connectivity index (χ0v) is 12.4. The van der Waals surface area contributed by atoms with Gasteiger partial charge in [-0.25, -0.2) is 0 Å². The lowest BCUT2D eigenvalue weighted by Gasteiger charge is -2.19. The molecule has 3 nitrogen and oxygen atoms in total. The molecular weight excluding hydrogens is 262 g/mol. The number of hydrogen-bond donors (Lipinski definition) is 0. The highest BCUT2D eigenvalue weighted by molar-refractivity contribution is 6.52. The minimum Gasteiger partial charge on any atom is -0.300 e. The van der Waals surface area contributed by atoms with E-state index in [4.69, 9.17) is 0 Å². The van der Waals surface area contributed by atoms with Crippen LogP contribution in [0, 0.1) is 20.8 Å². The van der Waals surface area contributed by atoms with Crippen LogP contribution in [0.5, 0.6) is 0 Å². The lowest BCUT2D eigenvalue weighted by Crippen LogP contribution is -2.29. The number of nitrogens with zero attached hydrogens (tertiary/aromatic N) is 1. The number of Topliss-reactive ketones (excluding diaryl/α,β-unsaturated/α-hetero) is 1.